The molecule has 0 amide bonds. The fourth-order valence-corrected chi connectivity index (χ4v) is 4.18. The van der Waals surface area contributed by atoms with Crippen molar-refractivity contribution in [2.75, 3.05) is 6.61 Å². The molecule has 0 N–H and O–H groups in total. The number of aryl methyl sites for hydroxylation is 2. The highest BCUT2D eigenvalue weighted by Crippen LogP contribution is 2.38. The van der Waals surface area contributed by atoms with Crippen molar-refractivity contribution < 1.29 is 28.7 Å². The number of benzene rings is 3. The number of rotatable bonds is 7. The van der Waals surface area contributed by atoms with Crippen LogP contribution in [0, 0.1) is 24.0 Å². The van der Waals surface area contributed by atoms with Gasteiger partial charge in [0.15, 0.2) is 17.2 Å². The van der Waals surface area contributed by atoms with E-state index in [0.717, 1.165) is 5.56 Å². The van der Waals surface area contributed by atoms with E-state index in [1.54, 1.807) is 44.2 Å². The van der Waals surface area contributed by atoms with Crippen LogP contribution in [0.5, 0.6) is 11.5 Å². The van der Waals surface area contributed by atoms with Gasteiger partial charge in [-0.25, -0.2) is 14.6 Å². The first kappa shape index (κ1) is 25.8. The van der Waals surface area contributed by atoms with Crippen LogP contribution in [0.2, 0.25) is 0 Å². The fourth-order valence-electron chi connectivity index (χ4n) is 3.64. The monoisotopic (exact) mass is 564 g/mol. The van der Waals surface area contributed by atoms with Crippen LogP contribution in [-0.4, -0.2) is 29.4 Å². The minimum atomic E-state index is -0.671. The molecule has 4 rings (SSSR count). The molecule has 188 valence electrons. The summed E-state index contributed by atoms with van der Waals surface area (Å²) in [4.78, 5) is 40.1. The molecule has 0 aromatic heterocycles. The van der Waals surface area contributed by atoms with Gasteiger partial charge in [-0.3, -0.25) is 10.1 Å². The van der Waals surface area contributed by atoms with Gasteiger partial charge in [0.1, 0.15) is 0 Å². The number of hydrogen-bond donors (Lipinski definition) is 0. The third-order valence-corrected chi connectivity index (χ3v) is 5.93. The Hall–Kier alpha value is -4.31. The molecule has 0 aliphatic carbocycles. The van der Waals surface area contributed by atoms with E-state index in [-0.39, 0.29) is 23.0 Å². The molecule has 1 aliphatic rings. The molecule has 3 aromatic rings. The number of ether oxygens (including phenoxy) is 3. The fraction of sp³-hybridized carbons (Fsp3) is 0.148. The molecule has 37 heavy (non-hydrogen) atoms. The van der Waals surface area contributed by atoms with Gasteiger partial charge in [0.25, 0.3) is 5.69 Å². The Labute approximate surface area is 220 Å². The lowest BCUT2D eigenvalue weighted by Gasteiger charge is -2.14. The highest BCUT2D eigenvalue weighted by molar-refractivity contribution is 9.10. The summed E-state index contributed by atoms with van der Waals surface area (Å²) in [6.07, 6.45) is 1.51. The topological polar surface area (TPSA) is 117 Å². The maximum Gasteiger partial charge on any atom is 0.363 e. The summed E-state index contributed by atoms with van der Waals surface area (Å²) in [5, 5.41) is 11.1. The van der Waals surface area contributed by atoms with Crippen LogP contribution in [0.4, 0.5) is 5.69 Å². The molecule has 0 atom stereocenters. The van der Waals surface area contributed by atoms with Crippen LogP contribution in [0.25, 0.3) is 6.08 Å². The molecule has 1 heterocycles. The number of carbonyl (C=O) groups excluding carboxylic acids is 2. The zero-order valence-electron chi connectivity index (χ0n) is 20.1. The SMILES string of the molecule is CCOc1cc(/C=C2\N=C(c3ccc([N+](=O)[O-])c(C)c3)OC2=O)cc(Br)c1OC(=O)c1cccc(C)c1. The average molecular weight is 565 g/mol. The Morgan fingerprint density at radius 3 is 2.62 bits per heavy atom. The Balaban J connectivity index is 1.64. The van der Waals surface area contributed by atoms with E-state index < -0.39 is 16.9 Å². The number of nitro groups is 1. The van der Waals surface area contributed by atoms with E-state index in [2.05, 4.69) is 20.9 Å². The molecule has 9 nitrogen and oxygen atoms in total. The van der Waals surface area contributed by atoms with Crippen molar-refractivity contribution in [1.29, 1.82) is 0 Å². The second-order valence-corrected chi connectivity index (χ2v) is 8.97. The predicted molar refractivity (Wildman–Crippen MR) is 140 cm³/mol. The molecule has 0 saturated heterocycles. The standard InChI is InChI=1S/C27H21BrN2O7/c1-4-35-23-14-17(12-20(28)24(23)36-26(31)19-7-5-6-15(2)10-19)13-21-27(32)37-25(29-21)18-8-9-22(30(33)34)16(3)11-18/h5-14H,4H2,1-3H3/b21-13-. The summed E-state index contributed by atoms with van der Waals surface area (Å²) in [6.45, 7) is 5.58. The Kier molecular flexibility index (Phi) is 7.49. The van der Waals surface area contributed by atoms with Crippen molar-refractivity contribution in [2.24, 2.45) is 4.99 Å². The summed E-state index contributed by atoms with van der Waals surface area (Å²) in [6, 6.07) is 14.7. The first-order valence-corrected chi connectivity index (χ1v) is 12.0. The highest BCUT2D eigenvalue weighted by Gasteiger charge is 2.26. The number of nitrogens with zero attached hydrogens (tertiary/aromatic N) is 2. The van der Waals surface area contributed by atoms with E-state index in [9.17, 15) is 19.7 Å². The van der Waals surface area contributed by atoms with Gasteiger partial charge in [-0.15, -0.1) is 0 Å². The summed E-state index contributed by atoms with van der Waals surface area (Å²) < 4.78 is 17.1. The minimum absolute atomic E-state index is 0.0323. The van der Waals surface area contributed by atoms with Crippen LogP contribution in [0.1, 0.15) is 39.5 Å². The number of cyclic esters (lactones) is 1. The molecule has 1 aliphatic heterocycles. The molecule has 0 fully saturated rings. The van der Waals surface area contributed by atoms with E-state index in [4.69, 9.17) is 14.2 Å². The number of esters is 2. The third kappa shape index (κ3) is 5.75. The van der Waals surface area contributed by atoms with Crippen molar-refractivity contribution in [3.8, 4) is 11.5 Å². The number of halogens is 1. The Bertz CT molecular complexity index is 1490. The van der Waals surface area contributed by atoms with Gasteiger partial charge in [0, 0.05) is 17.2 Å². The largest absolute Gasteiger partial charge is 0.490 e. The predicted octanol–water partition coefficient (Wildman–Crippen LogP) is 5.94. The quantitative estimate of drug-likeness (QED) is 0.114. The van der Waals surface area contributed by atoms with Gasteiger partial charge in [-0.1, -0.05) is 17.7 Å². The molecule has 3 aromatic carbocycles. The first-order valence-electron chi connectivity index (χ1n) is 11.2. The van der Waals surface area contributed by atoms with Crippen molar-refractivity contribution in [3.05, 3.63) is 103 Å². The molecule has 0 saturated carbocycles. The molecular weight excluding hydrogens is 544 g/mol. The Morgan fingerprint density at radius 1 is 1.16 bits per heavy atom. The average Bonchev–Trinajstić information content (AvgIpc) is 3.21. The van der Waals surface area contributed by atoms with Gasteiger partial charge < -0.3 is 14.2 Å². The van der Waals surface area contributed by atoms with Crippen molar-refractivity contribution >= 4 is 45.5 Å². The second-order valence-electron chi connectivity index (χ2n) is 8.12. The lowest BCUT2D eigenvalue weighted by Crippen LogP contribution is -2.10. The summed E-state index contributed by atoms with van der Waals surface area (Å²) >= 11 is 3.43. The van der Waals surface area contributed by atoms with Gasteiger partial charge in [0.05, 0.1) is 21.6 Å². The van der Waals surface area contributed by atoms with Crippen LogP contribution >= 0.6 is 15.9 Å². The summed E-state index contributed by atoms with van der Waals surface area (Å²) in [7, 11) is 0. The maximum absolute atomic E-state index is 12.7. The van der Waals surface area contributed by atoms with Gasteiger partial charge in [0.2, 0.25) is 5.90 Å². The molecule has 0 unspecified atom stereocenters. The highest BCUT2D eigenvalue weighted by atomic mass is 79.9. The lowest BCUT2D eigenvalue weighted by atomic mass is 10.1. The van der Waals surface area contributed by atoms with Gasteiger partial charge in [-0.05, 0) is 84.7 Å². The van der Waals surface area contributed by atoms with Crippen LogP contribution in [-0.2, 0) is 9.53 Å². The number of nitro benzene ring substituents is 1. The van der Waals surface area contributed by atoms with E-state index in [1.165, 1.54) is 24.3 Å². The molecule has 0 spiro atoms. The van der Waals surface area contributed by atoms with Gasteiger partial charge >= 0.3 is 11.9 Å². The van der Waals surface area contributed by atoms with E-state index >= 15 is 0 Å². The number of hydrogen-bond acceptors (Lipinski definition) is 8. The summed E-state index contributed by atoms with van der Waals surface area (Å²) in [5.74, 6) is -0.665. The minimum Gasteiger partial charge on any atom is -0.490 e. The summed E-state index contributed by atoms with van der Waals surface area (Å²) in [5.41, 5.74) is 2.72. The van der Waals surface area contributed by atoms with E-state index in [1.807, 2.05) is 13.0 Å². The van der Waals surface area contributed by atoms with Gasteiger partial charge in [-0.2, -0.15) is 0 Å². The maximum atomic E-state index is 12.7. The van der Waals surface area contributed by atoms with Crippen molar-refractivity contribution in [3.63, 3.8) is 0 Å². The lowest BCUT2D eigenvalue weighted by molar-refractivity contribution is -0.385. The molecule has 0 bridgehead atoms. The van der Waals surface area contributed by atoms with Crippen LogP contribution in [0.15, 0.2) is 69.8 Å². The number of aliphatic imine (C=N–C) groups is 1. The third-order valence-electron chi connectivity index (χ3n) is 5.34. The molecular formula is C27H21BrN2O7. The molecule has 10 heteroatoms. The first-order chi connectivity index (χ1) is 17.7. The number of carbonyl (C=O) groups is 2. The van der Waals surface area contributed by atoms with Crippen LogP contribution < -0.4 is 9.47 Å². The Morgan fingerprint density at radius 2 is 1.95 bits per heavy atom. The second kappa shape index (κ2) is 10.8. The zero-order valence-corrected chi connectivity index (χ0v) is 21.7. The normalized spacial score (nSPS) is 13.8. The molecule has 0 radical (unpaired) electrons. The van der Waals surface area contributed by atoms with Crippen LogP contribution in [0.3, 0.4) is 0 Å². The zero-order chi connectivity index (χ0) is 26.7. The van der Waals surface area contributed by atoms with E-state index in [0.29, 0.717) is 39.1 Å². The smallest absolute Gasteiger partial charge is 0.363 e. The van der Waals surface area contributed by atoms with Crippen molar-refractivity contribution in [1.82, 2.24) is 0 Å². The van der Waals surface area contributed by atoms with Crippen molar-refractivity contribution in [2.45, 2.75) is 20.8 Å².